The molecule has 0 aromatic heterocycles. The first-order chi connectivity index (χ1) is 11.3. The van der Waals surface area contributed by atoms with Gasteiger partial charge in [-0.25, -0.2) is 0 Å². The quantitative estimate of drug-likeness (QED) is 0.381. The van der Waals surface area contributed by atoms with Crippen LogP contribution in [0.5, 0.6) is 0 Å². The second-order valence-electron chi connectivity index (χ2n) is 4.93. The highest BCUT2D eigenvalue weighted by Gasteiger charge is 2.29. The highest BCUT2D eigenvalue weighted by molar-refractivity contribution is 6.58. The Morgan fingerprint density at radius 3 is 1.92 bits per heavy atom. The molecule has 144 valence electrons. The maximum atomic E-state index is 10.5. The number of rotatable bonds is 7. The monoisotopic (exact) mass is 367 g/mol. The first kappa shape index (κ1) is 25.2. The number of likely N-dealkylation sites (tertiary alicyclic amines) is 1. The van der Waals surface area contributed by atoms with Crippen LogP contribution in [0.3, 0.4) is 0 Å². The van der Waals surface area contributed by atoms with E-state index in [9.17, 15) is 9.59 Å². The van der Waals surface area contributed by atoms with Crippen LogP contribution in [-0.2, 0) is 32.3 Å². The third-order valence-electron chi connectivity index (χ3n) is 3.16. The first-order valence-corrected chi connectivity index (χ1v) is 10.1. The minimum absolute atomic E-state index is 0.255. The molecule has 0 radical (unpaired) electrons. The van der Waals surface area contributed by atoms with Crippen LogP contribution in [0.1, 0.15) is 26.7 Å². The van der Waals surface area contributed by atoms with E-state index in [-0.39, 0.29) is 5.97 Å². The van der Waals surface area contributed by atoms with Crippen molar-refractivity contribution in [1.29, 1.82) is 0 Å². The van der Waals surface area contributed by atoms with Gasteiger partial charge in [-0.05, 0) is 13.3 Å². The van der Waals surface area contributed by atoms with Crippen LogP contribution >= 0.6 is 0 Å². The summed E-state index contributed by atoms with van der Waals surface area (Å²) in [5.74, 6) is 0.0368. The van der Waals surface area contributed by atoms with Gasteiger partial charge in [0.2, 0.25) is 5.91 Å². The molecule has 0 bridgehead atoms. The lowest BCUT2D eigenvalue weighted by atomic mass is 10.4. The van der Waals surface area contributed by atoms with Gasteiger partial charge in [-0.1, -0.05) is 0 Å². The van der Waals surface area contributed by atoms with E-state index in [4.69, 9.17) is 18.0 Å². The van der Waals surface area contributed by atoms with Crippen molar-refractivity contribution in [3.05, 3.63) is 0 Å². The molecule has 1 rings (SSSR count). The van der Waals surface area contributed by atoms with E-state index in [1.165, 1.54) is 6.92 Å². The normalized spacial score (nSPS) is 13.6. The van der Waals surface area contributed by atoms with Gasteiger partial charge in [-0.3, -0.25) is 9.59 Å². The van der Waals surface area contributed by atoms with Crippen molar-refractivity contribution in [2.75, 3.05) is 54.7 Å². The van der Waals surface area contributed by atoms with Crippen molar-refractivity contribution in [1.82, 2.24) is 4.90 Å². The molecule has 1 heterocycles. The van der Waals surface area contributed by atoms with Crippen molar-refractivity contribution in [2.45, 2.75) is 33.2 Å². The Balaban J connectivity index is 0. The first-order valence-electron chi connectivity index (χ1n) is 7.86. The van der Waals surface area contributed by atoms with Gasteiger partial charge >= 0.3 is 14.8 Å². The molecular weight excluding hydrogens is 334 g/mol. The van der Waals surface area contributed by atoms with Gasteiger partial charge in [0, 0.05) is 61.4 Å². The molecule has 1 saturated heterocycles. The zero-order chi connectivity index (χ0) is 19.0. The fourth-order valence-corrected chi connectivity index (χ4v) is 1.92. The summed E-state index contributed by atoms with van der Waals surface area (Å²) in [6.07, 6.45) is 1.81. The van der Waals surface area contributed by atoms with Crippen molar-refractivity contribution in [2.24, 2.45) is 0 Å². The lowest BCUT2D eigenvalue weighted by molar-refractivity contribution is -0.142. The molecule has 1 amide bonds. The maximum Gasteiger partial charge on any atom is 0.496 e. The summed E-state index contributed by atoms with van der Waals surface area (Å²) in [6, 6.07) is 0. The van der Waals surface area contributed by atoms with Crippen LogP contribution in [0.2, 0.25) is 6.55 Å². The average molecular weight is 368 g/mol. The van der Waals surface area contributed by atoms with Gasteiger partial charge in [0.1, 0.15) is 6.61 Å². The van der Waals surface area contributed by atoms with Gasteiger partial charge < -0.3 is 27.7 Å². The molecule has 8 nitrogen and oxygen atoms in total. The summed E-state index contributed by atoms with van der Waals surface area (Å²) < 4.78 is 24.3. The summed E-state index contributed by atoms with van der Waals surface area (Å²) in [5.41, 5.74) is 0. The van der Waals surface area contributed by atoms with Gasteiger partial charge in [-0.2, -0.15) is 0 Å². The van der Waals surface area contributed by atoms with Crippen LogP contribution in [0, 0.1) is 0 Å². The molecule has 1 fully saturated rings. The second-order valence-corrected chi connectivity index (χ2v) is 7.88. The SMILES string of the molecule is CCOCCOC(C)=O.CN1CCCC1=O.CO[Si](C)(OC)OC. The summed E-state index contributed by atoms with van der Waals surface area (Å²) in [5, 5.41) is 0. The predicted molar refractivity (Wildman–Crippen MR) is 92.6 cm³/mol. The Morgan fingerprint density at radius 2 is 1.71 bits per heavy atom. The van der Waals surface area contributed by atoms with Crippen LogP contribution in [0.25, 0.3) is 0 Å². The van der Waals surface area contributed by atoms with Crippen molar-refractivity contribution in [3.63, 3.8) is 0 Å². The second kappa shape index (κ2) is 15.5. The summed E-state index contributed by atoms with van der Waals surface area (Å²) in [4.78, 5) is 22.4. The summed E-state index contributed by atoms with van der Waals surface area (Å²) >= 11 is 0. The number of carbonyl (C=O) groups is 2. The smallest absolute Gasteiger partial charge is 0.463 e. The van der Waals surface area contributed by atoms with E-state index in [1.807, 2.05) is 20.5 Å². The third kappa shape index (κ3) is 14.6. The number of amides is 1. The number of nitrogens with zero attached hydrogens (tertiary/aromatic N) is 1. The lowest BCUT2D eigenvalue weighted by Gasteiger charge is -2.18. The molecule has 1 aliphatic rings. The molecule has 0 unspecified atom stereocenters. The summed E-state index contributed by atoms with van der Waals surface area (Å²) in [7, 11) is 4.42. The largest absolute Gasteiger partial charge is 0.496 e. The molecule has 0 N–H and O–H groups in total. The number of esters is 1. The van der Waals surface area contributed by atoms with Crippen molar-refractivity contribution >= 4 is 20.7 Å². The molecule has 0 saturated carbocycles. The zero-order valence-electron chi connectivity index (χ0n) is 16.0. The summed E-state index contributed by atoms with van der Waals surface area (Å²) in [6.45, 7) is 7.59. The Morgan fingerprint density at radius 1 is 1.17 bits per heavy atom. The van der Waals surface area contributed by atoms with Crippen molar-refractivity contribution in [3.8, 4) is 0 Å². The minimum Gasteiger partial charge on any atom is -0.463 e. The van der Waals surface area contributed by atoms with E-state index >= 15 is 0 Å². The Hall–Kier alpha value is -1.00. The number of ether oxygens (including phenoxy) is 2. The van der Waals surface area contributed by atoms with Crippen LogP contribution in [0.4, 0.5) is 0 Å². The molecule has 0 aliphatic carbocycles. The standard InChI is InChI=1S/C6H12O3.C5H9NO.C4H12O3Si/c1-3-8-4-5-9-6(2)7;1-6-4-2-3-5(6)7;1-5-8(4,6-2)7-3/h3-5H2,1-2H3;2-4H2,1H3;1-4H3. The van der Waals surface area contributed by atoms with E-state index < -0.39 is 8.80 Å². The lowest BCUT2D eigenvalue weighted by Crippen LogP contribution is -2.38. The molecule has 0 aromatic rings. The average Bonchev–Trinajstić information content (AvgIpc) is 2.95. The Bertz CT molecular complexity index is 330. The van der Waals surface area contributed by atoms with Gasteiger partial charge in [-0.15, -0.1) is 0 Å². The zero-order valence-corrected chi connectivity index (χ0v) is 17.0. The number of carbonyl (C=O) groups excluding carboxylic acids is 2. The molecule has 24 heavy (non-hydrogen) atoms. The number of hydrogen-bond donors (Lipinski definition) is 0. The molecule has 0 spiro atoms. The van der Waals surface area contributed by atoms with E-state index in [0.29, 0.717) is 25.7 Å². The van der Waals surface area contributed by atoms with Crippen LogP contribution in [-0.4, -0.2) is 80.3 Å². The molecule has 0 atom stereocenters. The number of hydrogen-bond acceptors (Lipinski definition) is 7. The molecule has 0 aromatic carbocycles. The highest BCUT2D eigenvalue weighted by Crippen LogP contribution is 2.04. The van der Waals surface area contributed by atoms with Crippen LogP contribution < -0.4 is 0 Å². The van der Waals surface area contributed by atoms with Crippen molar-refractivity contribution < 1.29 is 32.3 Å². The fraction of sp³-hybridized carbons (Fsp3) is 0.867. The molecule has 1 aliphatic heterocycles. The highest BCUT2D eigenvalue weighted by atomic mass is 28.4. The molecular formula is C15H33NO7Si. The van der Waals surface area contributed by atoms with Gasteiger partial charge in [0.15, 0.2) is 0 Å². The van der Waals surface area contributed by atoms with E-state index in [2.05, 4.69) is 4.74 Å². The predicted octanol–water partition coefficient (Wildman–Crippen LogP) is 1.32. The maximum absolute atomic E-state index is 10.5. The minimum atomic E-state index is -2.17. The topological polar surface area (TPSA) is 83.5 Å². The third-order valence-corrected chi connectivity index (χ3v) is 5.38. The van der Waals surface area contributed by atoms with Gasteiger partial charge in [0.05, 0.1) is 6.61 Å². The van der Waals surface area contributed by atoms with E-state index in [1.54, 1.807) is 26.2 Å². The fourth-order valence-electron chi connectivity index (χ4n) is 1.42. The Kier molecular flexibility index (Phi) is 16.3. The van der Waals surface area contributed by atoms with Gasteiger partial charge in [0.25, 0.3) is 0 Å². The molecule has 9 heteroatoms. The van der Waals surface area contributed by atoms with E-state index in [0.717, 1.165) is 19.4 Å². The van der Waals surface area contributed by atoms with Crippen LogP contribution in [0.15, 0.2) is 0 Å². The Labute approximate surface area is 146 Å².